The highest BCUT2D eigenvalue weighted by molar-refractivity contribution is 7.92. The number of hydrogen-bond donors (Lipinski definition) is 3. The normalized spacial score (nSPS) is 12.6. The molecule has 2 aromatic rings. The first-order valence-electron chi connectivity index (χ1n) is 10.6. The lowest BCUT2D eigenvalue weighted by Gasteiger charge is -2.21. The number of carbonyl (C=O) groups excluding carboxylic acids is 2. The van der Waals surface area contributed by atoms with E-state index < -0.39 is 40.0 Å². The molecular formula is C22H25ClF3N3O6S. The quantitative estimate of drug-likeness (QED) is 0.398. The summed E-state index contributed by atoms with van der Waals surface area (Å²) in [6.07, 6.45) is -5.03. The minimum atomic E-state index is -5.03. The second-order valence-corrected chi connectivity index (χ2v) is 9.86. The van der Waals surface area contributed by atoms with Crippen LogP contribution < -0.4 is 24.8 Å². The SMILES string of the molecule is CCOc1cc(NC(=O)[C@@H](NC(C)=O)C(C)C)ccc1S(=O)(=O)Nc1ccc(Cl)c(OC(F)(F)F)c1. The van der Waals surface area contributed by atoms with Crippen molar-refractivity contribution in [2.24, 2.45) is 5.92 Å². The summed E-state index contributed by atoms with van der Waals surface area (Å²) in [5.74, 6) is -2.04. The van der Waals surface area contributed by atoms with E-state index in [0.29, 0.717) is 0 Å². The monoisotopic (exact) mass is 551 g/mol. The van der Waals surface area contributed by atoms with E-state index in [1.807, 2.05) is 0 Å². The van der Waals surface area contributed by atoms with Crippen LogP contribution >= 0.6 is 11.6 Å². The number of halogens is 4. The third kappa shape index (κ3) is 8.19. The molecule has 0 aliphatic carbocycles. The number of anilines is 2. The fraction of sp³-hybridized carbons (Fsp3) is 0.364. The first kappa shape index (κ1) is 29.0. The smallest absolute Gasteiger partial charge is 0.492 e. The van der Waals surface area contributed by atoms with Crippen LogP contribution in [0.2, 0.25) is 5.02 Å². The Morgan fingerprint density at radius 2 is 1.67 bits per heavy atom. The average Bonchev–Trinajstić information content (AvgIpc) is 2.73. The highest BCUT2D eigenvalue weighted by Gasteiger charge is 2.32. The van der Waals surface area contributed by atoms with Gasteiger partial charge in [-0.25, -0.2) is 8.42 Å². The molecule has 2 amide bonds. The van der Waals surface area contributed by atoms with Crippen molar-refractivity contribution in [3.05, 3.63) is 41.4 Å². The number of carbonyl (C=O) groups is 2. The topological polar surface area (TPSA) is 123 Å². The predicted octanol–water partition coefficient (Wildman–Crippen LogP) is 4.54. The molecule has 0 saturated heterocycles. The molecule has 0 unspecified atom stereocenters. The zero-order valence-corrected chi connectivity index (χ0v) is 21.3. The number of benzene rings is 2. The largest absolute Gasteiger partial charge is 0.573 e. The second-order valence-electron chi connectivity index (χ2n) is 7.80. The summed E-state index contributed by atoms with van der Waals surface area (Å²) in [4.78, 5) is 23.7. The van der Waals surface area contributed by atoms with Gasteiger partial charge in [0.15, 0.2) is 0 Å². The van der Waals surface area contributed by atoms with E-state index in [9.17, 15) is 31.2 Å². The summed E-state index contributed by atoms with van der Waals surface area (Å²) in [5.41, 5.74) is -0.0423. The molecule has 198 valence electrons. The maximum Gasteiger partial charge on any atom is 0.573 e. The van der Waals surface area contributed by atoms with Gasteiger partial charge in [-0.1, -0.05) is 25.4 Å². The van der Waals surface area contributed by atoms with Crippen molar-refractivity contribution in [2.45, 2.75) is 45.0 Å². The Bertz CT molecular complexity index is 1220. The number of nitrogens with one attached hydrogen (secondary N) is 3. The minimum Gasteiger partial charge on any atom is -0.492 e. The van der Waals surface area contributed by atoms with E-state index in [1.165, 1.54) is 19.1 Å². The van der Waals surface area contributed by atoms with Gasteiger partial charge in [-0.2, -0.15) is 0 Å². The zero-order chi connectivity index (χ0) is 27.3. The molecule has 14 heteroatoms. The highest BCUT2D eigenvalue weighted by Crippen LogP contribution is 2.34. The van der Waals surface area contributed by atoms with Crippen LogP contribution in [-0.4, -0.2) is 39.2 Å². The Morgan fingerprint density at radius 3 is 2.22 bits per heavy atom. The van der Waals surface area contributed by atoms with Crippen LogP contribution in [0.1, 0.15) is 27.7 Å². The lowest BCUT2D eigenvalue weighted by atomic mass is 10.0. The molecule has 0 fully saturated rings. The van der Waals surface area contributed by atoms with Crippen molar-refractivity contribution in [1.29, 1.82) is 0 Å². The molecule has 0 aliphatic heterocycles. The summed E-state index contributed by atoms with van der Waals surface area (Å²) in [6.45, 7) is 6.46. The van der Waals surface area contributed by atoms with Crippen LogP contribution in [0, 0.1) is 5.92 Å². The van der Waals surface area contributed by atoms with E-state index in [0.717, 1.165) is 24.3 Å². The second kappa shape index (κ2) is 11.7. The van der Waals surface area contributed by atoms with Crippen LogP contribution in [0.3, 0.4) is 0 Å². The lowest BCUT2D eigenvalue weighted by Crippen LogP contribution is -2.46. The van der Waals surface area contributed by atoms with E-state index in [2.05, 4.69) is 20.1 Å². The van der Waals surface area contributed by atoms with Gasteiger partial charge in [0.1, 0.15) is 22.4 Å². The molecule has 0 aromatic heterocycles. The van der Waals surface area contributed by atoms with Gasteiger partial charge in [-0.3, -0.25) is 14.3 Å². The molecule has 2 rings (SSSR count). The molecule has 0 radical (unpaired) electrons. The van der Waals surface area contributed by atoms with Gasteiger partial charge in [0.2, 0.25) is 11.8 Å². The van der Waals surface area contributed by atoms with Gasteiger partial charge < -0.3 is 20.1 Å². The van der Waals surface area contributed by atoms with Gasteiger partial charge in [0.25, 0.3) is 10.0 Å². The number of alkyl halides is 3. The number of sulfonamides is 1. The van der Waals surface area contributed by atoms with Crippen molar-refractivity contribution in [3.8, 4) is 11.5 Å². The Labute approximate surface area is 211 Å². The first-order chi connectivity index (χ1) is 16.6. The molecular weight excluding hydrogens is 527 g/mol. The lowest BCUT2D eigenvalue weighted by molar-refractivity contribution is -0.274. The zero-order valence-electron chi connectivity index (χ0n) is 19.7. The van der Waals surface area contributed by atoms with Crippen LogP contribution in [0.4, 0.5) is 24.5 Å². The van der Waals surface area contributed by atoms with Crippen molar-refractivity contribution >= 4 is 44.8 Å². The molecule has 0 saturated carbocycles. The summed E-state index contributed by atoms with van der Waals surface area (Å²) < 4.78 is 75.2. The fourth-order valence-corrected chi connectivity index (χ4v) is 4.36. The Hall–Kier alpha value is -3.19. The van der Waals surface area contributed by atoms with Gasteiger partial charge in [-0.15, -0.1) is 13.2 Å². The van der Waals surface area contributed by atoms with E-state index in [-0.39, 0.29) is 39.6 Å². The van der Waals surface area contributed by atoms with Crippen molar-refractivity contribution in [1.82, 2.24) is 5.32 Å². The maximum atomic E-state index is 13.0. The number of rotatable bonds is 10. The summed E-state index contributed by atoms with van der Waals surface area (Å²) in [6, 6.07) is 5.91. The molecule has 3 N–H and O–H groups in total. The Balaban J connectivity index is 2.34. The number of ether oxygens (including phenoxy) is 2. The predicted molar refractivity (Wildman–Crippen MR) is 128 cm³/mol. The summed E-state index contributed by atoms with van der Waals surface area (Å²) in [5, 5.41) is 4.78. The molecule has 36 heavy (non-hydrogen) atoms. The molecule has 9 nitrogen and oxygen atoms in total. The fourth-order valence-electron chi connectivity index (χ4n) is 3.03. The van der Waals surface area contributed by atoms with Gasteiger partial charge in [0.05, 0.1) is 17.3 Å². The van der Waals surface area contributed by atoms with E-state index in [1.54, 1.807) is 20.8 Å². The number of amides is 2. The molecule has 0 aliphatic rings. The Kier molecular flexibility index (Phi) is 9.44. The molecule has 0 heterocycles. The maximum absolute atomic E-state index is 13.0. The number of hydrogen-bond acceptors (Lipinski definition) is 6. The van der Waals surface area contributed by atoms with Crippen molar-refractivity contribution < 1.29 is 40.7 Å². The van der Waals surface area contributed by atoms with Gasteiger partial charge >= 0.3 is 6.36 Å². The molecule has 0 bridgehead atoms. The summed E-state index contributed by atoms with van der Waals surface area (Å²) >= 11 is 5.71. The summed E-state index contributed by atoms with van der Waals surface area (Å²) in [7, 11) is -4.35. The van der Waals surface area contributed by atoms with E-state index in [4.69, 9.17) is 16.3 Å². The van der Waals surface area contributed by atoms with Crippen molar-refractivity contribution in [2.75, 3.05) is 16.6 Å². The van der Waals surface area contributed by atoms with Crippen molar-refractivity contribution in [3.63, 3.8) is 0 Å². The Morgan fingerprint density at radius 1 is 1.06 bits per heavy atom. The molecule has 0 spiro atoms. The van der Waals surface area contributed by atoms with Crippen LogP contribution in [0.15, 0.2) is 41.3 Å². The standard InChI is InChI=1S/C22H25ClF3N3O6S/c1-5-34-18-10-14(28-21(31)20(12(2)3)27-13(4)30)7-9-19(18)36(32,33)29-15-6-8-16(23)17(11-15)35-22(24,25)26/h6-12,20,29H,5H2,1-4H3,(H,27,30)(H,28,31)/t20-/m0/s1. The van der Waals surface area contributed by atoms with Crippen LogP contribution in [-0.2, 0) is 19.6 Å². The highest BCUT2D eigenvalue weighted by atomic mass is 35.5. The first-order valence-corrected chi connectivity index (χ1v) is 12.4. The van der Waals surface area contributed by atoms with Gasteiger partial charge in [0, 0.05) is 24.7 Å². The third-order valence-corrected chi connectivity index (χ3v) is 6.25. The average molecular weight is 552 g/mol. The van der Waals surface area contributed by atoms with E-state index >= 15 is 0 Å². The third-order valence-electron chi connectivity index (χ3n) is 4.52. The van der Waals surface area contributed by atoms with Gasteiger partial charge in [-0.05, 0) is 37.1 Å². The van der Waals surface area contributed by atoms with Crippen LogP contribution in [0.5, 0.6) is 11.5 Å². The molecule has 1 atom stereocenters. The molecule has 2 aromatic carbocycles. The van der Waals surface area contributed by atoms with Crippen LogP contribution in [0.25, 0.3) is 0 Å². The minimum absolute atomic E-state index is 0.0744.